The summed E-state index contributed by atoms with van der Waals surface area (Å²) < 4.78 is 1.72. The van der Waals surface area contributed by atoms with Crippen molar-refractivity contribution in [1.82, 2.24) is 29.9 Å². The van der Waals surface area contributed by atoms with Gasteiger partial charge in [0.2, 0.25) is 5.82 Å². The molecule has 0 saturated carbocycles. The fourth-order valence-electron chi connectivity index (χ4n) is 1.80. The number of hydrogen-bond donors (Lipinski definition) is 1. The van der Waals surface area contributed by atoms with Crippen LogP contribution in [0.1, 0.15) is 11.4 Å². The summed E-state index contributed by atoms with van der Waals surface area (Å²) in [4.78, 5) is 7.11. The van der Waals surface area contributed by atoms with Crippen LogP contribution in [0.2, 0.25) is 5.15 Å². The van der Waals surface area contributed by atoms with Crippen molar-refractivity contribution >= 4 is 22.6 Å². The number of nitrogens with one attached hydrogen (secondary N) is 1. The quantitative estimate of drug-likeness (QED) is 0.713. The second-order valence-electron chi connectivity index (χ2n) is 3.78. The van der Waals surface area contributed by atoms with Gasteiger partial charge in [0, 0.05) is 5.69 Å². The molecule has 0 amide bonds. The summed E-state index contributed by atoms with van der Waals surface area (Å²) in [5.41, 5.74) is 3.24. The van der Waals surface area contributed by atoms with E-state index >= 15 is 0 Å². The van der Waals surface area contributed by atoms with Crippen LogP contribution in [0.4, 0.5) is 0 Å². The molecular weight excluding hydrogens is 240 g/mol. The maximum absolute atomic E-state index is 5.92. The molecule has 0 aliphatic carbocycles. The van der Waals surface area contributed by atoms with Gasteiger partial charge in [-0.1, -0.05) is 11.6 Å². The average molecular weight is 249 g/mol. The number of aromatic nitrogens is 6. The van der Waals surface area contributed by atoms with Crippen LogP contribution in [-0.4, -0.2) is 29.9 Å². The summed E-state index contributed by atoms with van der Waals surface area (Å²) in [5, 5.41) is 12.6. The smallest absolute Gasteiger partial charge is 0.202 e. The fourth-order valence-corrected chi connectivity index (χ4v) is 1.98. The van der Waals surface area contributed by atoms with Crippen LogP contribution in [0.5, 0.6) is 0 Å². The van der Waals surface area contributed by atoms with Gasteiger partial charge in [-0.3, -0.25) is 0 Å². The maximum Gasteiger partial charge on any atom is 0.202 e. The van der Waals surface area contributed by atoms with Crippen molar-refractivity contribution in [2.45, 2.75) is 13.8 Å². The predicted octanol–water partition coefficient (Wildman–Crippen LogP) is 1.81. The Balaban J connectivity index is 2.34. The summed E-state index contributed by atoms with van der Waals surface area (Å²) in [6, 6.07) is 1.97. The molecule has 7 heteroatoms. The molecule has 0 aromatic carbocycles. The molecule has 3 heterocycles. The topological polar surface area (TPSA) is 72.3 Å². The Morgan fingerprint density at radius 1 is 1.29 bits per heavy atom. The molecule has 3 aromatic heterocycles. The summed E-state index contributed by atoms with van der Waals surface area (Å²) in [6.07, 6.45) is 1.56. The number of halogens is 1. The van der Waals surface area contributed by atoms with Gasteiger partial charge in [-0.05, 0) is 19.9 Å². The summed E-state index contributed by atoms with van der Waals surface area (Å²) >= 11 is 5.92. The minimum absolute atomic E-state index is 0.284. The third kappa shape index (κ3) is 1.49. The third-order valence-corrected chi connectivity index (χ3v) is 2.76. The molecule has 0 saturated heterocycles. The Kier molecular flexibility index (Phi) is 2.12. The van der Waals surface area contributed by atoms with Crippen LogP contribution >= 0.6 is 11.6 Å². The van der Waals surface area contributed by atoms with Gasteiger partial charge in [-0.2, -0.15) is 5.10 Å². The van der Waals surface area contributed by atoms with E-state index in [-0.39, 0.29) is 5.15 Å². The number of imidazole rings is 1. The van der Waals surface area contributed by atoms with Crippen LogP contribution in [0.15, 0.2) is 12.4 Å². The van der Waals surface area contributed by atoms with E-state index in [1.807, 2.05) is 19.9 Å². The average Bonchev–Trinajstić information content (AvgIpc) is 2.87. The lowest BCUT2D eigenvalue weighted by Crippen LogP contribution is -2.04. The Bertz CT molecular complexity index is 698. The van der Waals surface area contributed by atoms with Crippen LogP contribution < -0.4 is 0 Å². The van der Waals surface area contributed by atoms with E-state index < -0.39 is 0 Å². The number of aryl methyl sites for hydroxylation is 2. The van der Waals surface area contributed by atoms with Gasteiger partial charge in [0.1, 0.15) is 11.0 Å². The lowest BCUT2D eigenvalue weighted by molar-refractivity contribution is 0.789. The number of nitrogens with zero attached hydrogens (tertiary/aromatic N) is 5. The van der Waals surface area contributed by atoms with Gasteiger partial charge in [-0.15, -0.1) is 10.2 Å². The van der Waals surface area contributed by atoms with Crippen molar-refractivity contribution in [3.8, 4) is 5.82 Å². The highest BCUT2D eigenvalue weighted by Crippen LogP contribution is 2.22. The monoisotopic (exact) mass is 248 g/mol. The first kappa shape index (κ1) is 10.2. The first-order valence-corrected chi connectivity index (χ1v) is 5.43. The molecule has 0 bridgehead atoms. The largest absolute Gasteiger partial charge is 0.341 e. The molecule has 17 heavy (non-hydrogen) atoms. The molecule has 86 valence electrons. The van der Waals surface area contributed by atoms with Crippen LogP contribution in [0.3, 0.4) is 0 Å². The van der Waals surface area contributed by atoms with Gasteiger partial charge >= 0.3 is 0 Å². The van der Waals surface area contributed by atoms with Crippen LogP contribution in [0, 0.1) is 13.8 Å². The molecule has 1 N–H and O–H groups in total. The van der Waals surface area contributed by atoms with Gasteiger partial charge < -0.3 is 4.98 Å². The molecule has 0 unspecified atom stereocenters. The van der Waals surface area contributed by atoms with Crippen LogP contribution in [-0.2, 0) is 0 Å². The lowest BCUT2D eigenvalue weighted by atomic mass is 10.4. The molecule has 3 rings (SSSR count). The number of hydrogen-bond acceptors (Lipinski definition) is 4. The molecule has 0 fully saturated rings. The summed E-state index contributed by atoms with van der Waals surface area (Å²) in [6.45, 7) is 3.88. The molecule has 0 aliphatic heterocycles. The highest BCUT2D eigenvalue weighted by atomic mass is 35.5. The predicted molar refractivity (Wildman–Crippen MR) is 63.3 cm³/mol. The maximum atomic E-state index is 5.92. The van der Waals surface area contributed by atoms with E-state index in [1.54, 1.807) is 11.0 Å². The third-order valence-electron chi connectivity index (χ3n) is 2.50. The number of H-pyrrole nitrogens is 1. The number of rotatable bonds is 1. The standard InChI is InChI=1S/C10H9ClN6/c1-5-3-6(2)17(16-5)10-8-7(12-4-13-8)9(11)14-15-10/h3-4H,1-2H3,(H,12,13). The normalized spacial score (nSPS) is 11.2. The SMILES string of the molecule is Cc1cc(C)n(-c2nnc(Cl)c3nc[nH]c23)n1. The van der Waals surface area contributed by atoms with E-state index in [0.29, 0.717) is 11.3 Å². The van der Waals surface area contributed by atoms with Gasteiger partial charge in [0.15, 0.2) is 5.15 Å². The van der Waals surface area contributed by atoms with Crippen molar-refractivity contribution in [2.24, 2.45) is 0 Å². The van der Waals surface area contributed by atoms with Crippen molar-refractivity contribution in [2.75, 3.05) is 0 Å². The Hall–Kier alpha value is -1.95. The van der Waals surface area contributed by atoms with Crippen molar-refractivity contribution < 1.29 is 0 Å². The highest BCUT2D eigenvalue weighted by Gasteiger charge is 2.14. The molecule has 0 atom stereocenters. The zero-order valence-electron chi connectivity index (χ0n) is 9.27. The van der Waals surface area contributed by atoms with Gasteiger partial charge in [-0.25, -0.2) is 9.67 Å². The Morgan fingerprint density at radius 3 is 2.82 bits per heavy atom. The van der Waals surface area contributed by atoms with Gasteiger partial charge in [0.25, 0.3) is 0 Å². The van der Waals surface area contributed by atoms with E-state index in [2.05, 4.69) is 25.3 Å². The van der Waals surface area contributed by atoms with E-state index in [1.165, 1.54) is 0 Å². The van der Waals surface area contributed by atoms with Crippen molar-refractivity contribution in [3.63, 3.8) is 0 Å². The lowest BCUT2D eigenvalue weighted by Gasteiger charge is -2.03. The number of aromatic amines is 1. The molecule has 0 radical (unpaired) electrons. The minimum atomic E-state index is 0.284. The van der Waals surface area contributed by atoms with Gasteiger partial charge in [0.05, 0.1) is 12.0 Å². The van der Waals surface area contributed by atoms with E-state index in [9.17, 15) is 0 Å². The highest BCUT2D eigenvalue weighted by molar-refractivity contribution is 6.33. The second-order valence-corrected chi connectivity index (χ2v) is 4.14. The second kappa shape index (κ2) is 3.53. The van der Waals surface area contributed by atoms with Crippen molar-refractivity contribution in [3.05, 3.63) is 28.9 Å². The zero-order chi connectivity index (χ0) is 12.0. The Morgan fingerprint density at radius 2 is 2.12 bits per heavy atom. The first-order chi connectivity index (χ1) is 8.16. The molecule has 6 nitrogen and oxygen atoms in total. The molecule has 0 aliphatic rings. The van der Waals surface area contributed by atoms with Crippen LogP contribution in [0.25, 0.3) is 16.9 Å². The molecular formula is C10H9ClN6. The molecule has 3 aromatic rings. The summed E-state index contributed by atoms with van der Waals surface area (Å²) in [7, 11) is 0. The van der Waals surface area contributed by atoms with E-state index in [0.717, 1.165) is 16.9 Å². The molecule has 0 spiro atoms. The first-order valence-electron chi connectivity index (χ1n) is 5.05. The van der Waals surface area contributed by atoms with E-state index in [4.69, 9.17) is 11.6 Å². The summed E-state index contributed by atoms with van der Waals surface area (Å²) in [5.74, 6) is 0.604. The van der Waals surface area contributed by atoms with Crippen molar-refractivity contribution in [1.29, 1.82) is 0 Å². The number of fused-ring (bicyclic) bond motifs is 1. The Labute approximate surface area is 102 Å². The zero-order valence-corrected chi connectivity index (χ0v) is 10.0. The fraction of sp³-hybridized carbons (Fsp3) is 0.200. The minimum Gasteiger partial charge on any atom is -0.341 e.